The van der Waals surface area contributed by atoms with Crippen molar-refractivity contribution in [2.24, 2.45) is 46.3 Å². The predicted octanol–water partition coefficient (Wildman–Crippen LogP) is 7.13. The summed E-state index contributed by atoms with van der Waals surface area (Å²) < 4.78 is 5.57. The summed E-state index contributed by atoms with van der Waals surface area (Å²) in [6.45, 7) is 12.4. The van der Waals surface area contributed by atoms with Crippen LogP contribution in [0.5, 0.6) is 0 Å². The fraction of sp³-hybridized carbons (Fsp3) is 0.935. The third-order valence-corrected chi connectivity index (χ3v) is 11.8. The van der Waals surface area contributed by atoms with E-state index in [1.165, 1.54) is 70.0 Å². The SMILES string of the molecule is C/C=C(\CCC(C)C1CCC2C3CCC4C[C@H](NCCN(C)C)CCC4(C)C3CCC12C)OC. The summed E-state index contributed by atoms with van der Waals surface area (Å²) in [5.41, 5.74) is 1.19. The zero-order valence-electron chi connectivity index (χ0n) is 23.7. The van der Waals surface area contributed by atoms with Gasteiger partial charge in [-0.1, -0.05) is 20.8 Å². The molecular formula is C31H56N2O. The Morgan fingerprint density at radius 2 is 1.76 bits per heavy atom. The first-order valence-corrected chi connectivity index (χ1v) is 14.8. The lowest BCUT2D eigenvalue weighted by atomic mass is 9.44. The van der Waals surface area contributed by atoms with E-state index in [9.17, 15) is 0 Å². The van der Waals surface area contributed by atoms with Gasteiger partial charge in [-0.15, -0.1) is 0 Å². The van der Waals surface area contributed by atoms with Crippen molar-refractivity contribution in [3.05, 3.63) is 11.8 Å². The van der Waals surface area contributed by atoms with E-state index in [1.54, 1.807) is 0 Å². The second-order valence-corrected chi connectivity index (χ2v) is 13.6. The van der Waals surface area contributed by atoms with Gasteiger partial charge in [0.1, 0.15) is 0 Å². The quantitative estimate of drug-likeness (QED) is 0.361. The Morgan fingerprint density at radius 1 is 1.03 bits per heavy atom. The van der Waals surface area contributed by atoms with Crippen molar-refractivity contribution in [1.29, 1.82) is 0 Å². The van der Waals surface area contributed by atoms with E-state index >= 15 is 0 Å². The molecule has 8 unspecified atom stereocenters. The van der Waals surface area contributed by atoms with E-state index in [-0.39, 0.29) is 0 Å². The number of nitrogens with one attached hydrogen (secondary N) is 1. The first-order chi connectivity index (χ1) is 16.2. The van der Waals surface area contributed by atoms with Gasteiger partial charge in [0.25, 0.3) is 0 Å². The Balaban J connectivity index is 1.39. The van der Waals surface area contributed by atoms with Gasteiger partial charge < -0.3 is 15.0 Å². The Hall–Kier alpha value is -0.540. The molecule has 4 rings (SSSR count). The molecule has 4 fully saturated rings. The second-order valence-electron chi connectivity index (χ2n) is 13.6. The van der Waals surface area contributed by atoms with Crippen molar-refractivity contribution in [3.8, 4) is 0 Å². The van der Waals surface area contributed by atoms with Crippen LogP contribution in [0, 0.1) is 46.3 Å². The van der Waals surface area contributed by atoms with Gasteiger partial charge in [-0.3, -0.25) is 0 Å². The van der Waals surface area contributed by atoms with Gasteiger partial charge in [0, 0.05) is 25.6 Å². The first kappa shape index (κ1) is 26.5. The molecule has 34 heavy (non-hydrogen) atoms. The molecule has 3 nitrogen and oxygen atoms in total. The Labute approximate surface area is 211 Å². The Kier molecular flexibility index (Phi) is 8.45. The summed E-state index contributed by atoms with van der Waals surface area (Å²) in [5, 5.41) is 3.91. The maximum atomic E-state index is 5.57. The summed E-state index contributed by atoms with van der Waals surface area (Å²) in [4.78, 5) is 2.30. The van der Waals surface area contributed by atoms with Gasteiger partial charge in [0.05, 0.1) is 12.9 Å². The van der Waals surface area contributed by atoms with Crippen LogP contribution in [0.3, 0.4) is 0 Å². The second kappa shape index (κ2) is 10.8. The highest BCUT2D eigenvalue weighted by molar-refractivity contribution is 5.10. The van der Waals surface area contributed by atoms with Crippen molar-refractivity contribution in [2.45, 2.75) is 104 Å². The molecule has 0 heterocycles. The molecule has 9 atom stereocenters. The Morgan fingerprint density at radius 3 is 2.47 bits per heavy atom. The minimum atomic E-state index is 0.581. The van der Waals surface area contributed by atoms with Crippen LogP contribution in [0.25, 0.3) is 0 Å². The number of allylic oxidation sites excluding steroid dienone is 2. The number of rotatable bonds is 9. The first-order valence-electron chi connectivity index (χ1n) is 14.8. The zero-order chi connectivity index (χ0) is 24.5. The molecule has 0 amide bonds. The fourth-order valence-corrected chi connectivity index (χ4v) is 9.85. The van der Waals surface area contributed by atoms with Gasteiger partial charge >= 0.3 is 0 Å². The van der Waals surface area contributed by atoms with E-state index in [1.807, 2.05) is 7.11 Å². The highest BCUT2D eigenvalue weighted by Gasteiger charge is 2.60. The van der Waals surface area contributed by atoms with Crippen molar-refractivity contribution < 1.29 is 4.74 Å². The molecule has 0 spiro atoms. The van der Waals surface area contributed by atoms with Crippen molar-refractivity contribution >= 4 is 0 Å². The van der Waals surface area contributed by atoms with Crippen LogP contribution in [0.1, 0.15) is 98.3 Å². The normalized spacial score (nSPS) is 43.2. The predicted molar refractivity (Wildman–Crippen MR) is 145 cm³/mol. The number of ether oxygens (including phenoxy) is 1. The topological polar surface area (TPSA) is 24.5 Å². The smallest absolute Gasteiger partial charge is 0.0913 e. The van der Waals surface area contributed by atoms with Crippen LogP contribution in [0.4, 0.5) is 0 Å². The van der Waals surface area contributed by atoms with E-state index in [0.717, 1.165) is 61.1 Å². The van der Waals surface area contributed by atoms with Gasteiger partial charge in [0.2, 0.25) is 0 Å². The van der Waals surface area contributed by atoms with Crippen LogP contribution in [-0.2, 0) is 4.74 Å². The monoisotopic (exact) mass is 472 g/mol. The average Bonchev–Trinajstić information content (AvgIpc) is 3.17. The third-order valence-electron chi connectivity index (χ3n) is 11.8. The number of nitrogens with zero attached hydrogens (tertiary/aromatic N) is 1. The number of likely N-dealkylation sites (N-methyl/N-ethyl adjacent to an activating group) is 1. The lowest BCUT2D eigenvalue weighted by molar-refractivity contribution is -0.118. The van der Waals surface area contributed by atoms with Crippen LogP contribution in [0.15, 0.2) is 11.8 Å². The number of fused-ring (bicyclic) bond motifs is 5. The van der Waals surface area contributed by atoms with Crippen LogP contribution < -0.4 is 5.32 Å². The summed E-state index contributed by atoms with van der Waals surface area (Å²) >= 11 is 0. The van der Waals surface area contributed by atoms with E-state index in [0.29, 0.717) is 10.8 Å². The van der Waals surface area contributed by atoms with Crippen LogP contribution >= 0.6 is 0 Å². The molecular weight excluding hydrogens is 416 g/mol. The molecule has 0 bridgehead atoms. The summed E-state index contributed by atoms with van der Waals surface area (Å²) in [7, 11) is 6.20. The number of hydrogen-bond donors (Lipinski definition) is 1. The molecule has 0 radical (unpaired) electrons. The molecule has 0 aromatic heterocycles. The molecule has 1 N–H and O–H groups in total. The van der Waals surface area contributed by atoms with Crippen LogP contribution in [-0.4, -0.2) is 45.2 Å². The lowest BCUT2D eigenvalue weighted by Crippen LogP contribution is -2.55. The lowest BCUT2D eigenvalue weighted by Gasteiger charge is -2.61. The van der Waals surface area contributed by atoms with E-state index < -0.39 is 0 Å². The van der Waals surface area contributed by atoms with E-state index in [2.05, 4.69) is 58.1 Å². The van der Waals surface area contributed by atoms with Crippen molar-refractivity contribution in [2.75, 3.05) is 34.3 Å². The van der Waals surface area contributed by atoms with Crippen molar-refractivity contribution in [1.82, 2.24) is 10.2 Å². The standard InChI is InChI=1S/C31H56N2O/c1-8-25(34-7)11-9-22(2)27-13-14-28-26-12-10-23-21-24(32-19-20-33(5)6)15-17-30(23,3)29(26)16-18-31(27,28)4/h8,22-24,26-29,32H,9-21H2,1-7H3/b25-8+/t22?,23?,24-,26?,27?,28?,29?,30?,31?/m1/s1. The molecule has 196 valence electrons. The molecule has 4 aliphatic rings. The zero-order valence-corrected chi connectivity index (χ0v) is 23.7. The molecule has 4 saturated carbocycles. The molecule has 0 aromatic rings. The maximum absolute atomic E-state index is 5.57. The number of methoxy groups -OCH3 is 1. The third kappa shape index (κ3) is 4.99. The maximum Gasteiger partial charge on any atom is 0.0913 e. The Bertz CT molecular complexity index is 704. The molecule has 0 saturated heterocycles. The van der Waals surface area contributed by atoms with Crippen LogP contribution in [0.2, 0.25) is 0 Å². The van der Waals surface area contributed by atoms with Gasteiger partial charge in [-0.2, -0.15) is 0 Å². The summed E-state index contributed by atoms with van der Waals surface area (Å²) in [6.07, 6.45) is 17.8. The molecule has 0 aliphatic heterocycles. The van der Waals surface area contributed by atoms with Gasteiger partial charge in [0.15, 0.2) is 0 Å². The highest BCUT2D eigenvalue weighted by atomic mass is 16.5. The average molecular weight is 473 g/mol. The van der Waals surface area contributed by atoms with Gasteiger partial charge in [-0.25, -0.2) is 0 Å². The highest BCUT2D eigenvalue weighted by Crippen LogP contribution is 2.68. The summed E-state index contributed by atoms with van der Waals surface area (Å²) in [6, 6.07) is 0.759. The minimum absolute atomic E-state index is 0.581. The molecule has 3 heteroatoms. The van der Waals surface area contributed by atoms with Gasteiger partial charge in [-0.05, 0) is 138 Å². The van der Waals surface area contributed by atoms with E-state index in [4.69, 9.17) is 4.74 Å². The summed E-state index contributed by atoms with van der Waals surface area (Å²) in [5.74, 6) is 6.82. The fourth-order valence-electron chi connectivity index (χ4n) is 9.85. The molecule has 4 aliphatic carbocycles. The number of hydrogen-bond acceptors (Lipinski definition) is 3. The van der Waals surface area contributed by atoms with Crippen molar-refractivity contribution in [3.63, 3.8) is 0 Å². The largest absolute Gasteiger partial charge is 0.501 e. The molecule has 0 aromatic carbocycles. The minimum Gasteiger partial charge on any atom is -0.501 e.